The molecule has 0 fully saturated rings. The first-order valence-electron chi connectivity index (χ1n) is 4.77. The number of nitrogens with zero attached hydrogens (tertiary/aromatic N) is 1. The molecule has 0 aliphatic rings. The lowest BCUT2D eigenvalue weighted by molar-refractivity contribution is 0.100. The minimum Gasteiger partial charge on any atom is -0.330 e. The molecule has 1 heterocycles. The standard InChI is InChI=1S/C12H13NO2/c1-4-6-13-11(5-2)10(8-14)7-12(13)9(3)15/h1,7-8H,5-6H2,2-3H3. The maximum absolute atomic E-state index is 11.3. The fraction of sp³-hybridized carbons (Fsp3) is 0.333. The van der Waals surface area contributed by atoms with Crippen LogP contribution in [0.2, 0.25) is 0 Å². The molecule has 3 heteroatoms. The average Bonchev–Trinajstić information content (AvgIpc) is 2.56. The molecule has 0 aliphatic carbocycles. The molecule has 0 atom stereocenters. The van der Waals surface area contributed by atoms with Gasteiger partial charge < -0.3 is 4.57 Å². The van der Waals surface area contributed by atoms with Gasteiger partial charge in [0.25, 0.3) is 0 Å². The lowest BCUT2D eigenvalue weighted by Gasteiger charge is -2.07. The average molecular weight is 203 g/mol. The van der Waals surface area contributed by atoms with Gasteiger partial charge in [-0.2, -0.15) is 0 Å². The van der Waals surface area contributed by atoms with Crippen molar-refractivity contribution < 1.29 is 9.59 Å². The molecule has 1 rings (SSSR count). The summed E-state index contributed by atoms with van der Waals surface area (Å²) in [6, 6.07) is 1.60. The highest BCUT2D eigenvalue weighted by Crippen LogP contribution is 2.16. The van der Waals surface area contributed by atoms with Crippen LogP contribution in [-0.4, -0.2) is 16.6 Å². The van der Waals surface area contributed by atoms with Crippen LogP contribution in [-0.2, 0) is 13.0 Å². The van der Waals surface area contributed by atoms with E-state index in [2.05, 4.69) is 5.92 Å². The molecule has 0 spiro atoms. The molecule has 0 N–H and O–H groups in total. The number of rotatable bonds is 4. The molecular weight excluding hydrogens is 190 g/mol. The second-order valence-electron chi connectivity index (χ2n) is 3.25. The summed E-state index contributed by atoms with van der Waals surface area (Å²) in [6.07, 6.45) is 6.68. The van der Waals surface area contributed by atoms with Gasteiger partial charge in [-0.15, -0.1) is 6.42 Å². The van der Waals surface area contributed by atoms with Crippen molar-refractivity contribution in [3.8, 4) is 12.3 Å². The molecule has 0 unspecified atom stereocenters. The largest absolute Gasteiger partial charge is 0.330 e. The Balaban J connectivity index is 3.40. The van der Waals surface area contributed by atoms with E-state index in [4.69, 9.17) is 6.42 Å². The summed E-state index contributed by atoms with van der Waals surface area (Å²) in [7, 11) is 0. The van der Waals surface area contributed by atoms with Gasteiger partial charge in [-0.3, -0.25) is 9.59 Å². The van der Waals surface area contributed by atoms with Crippen molar-refractivity contribution >= 4 is 12.1 Å². The van der Waals surface area contributed by atoms with Crippen LogP contribution in [0, 0.1) is 12.3 Å². The summed E-state index contributed by atoms with van der Waals surface area (Å²) in [5.41, 5.74) is 1.89. The fourth-order valence-electron chi connectivity index (χ4n) is 1.67. The zero-order valence-corrected chi connectivity index (χ0v) is 8.91. The summed E-state index contributed by atoms with van der Waals surface area (Å²) in [4.78, 5) is 22.1. The van der Waals surface area contributed by atoms with Crippen LogP contribution < -0.4 is 0 Å². The third kappa shape index (κ3) is 1.99. The summed E-state index contributed by atoms with van der Waals surface area (Å²) in [5.74, 6) is 2.41. The highest BCUT2D eigenvalue weighted by atomic mass is 16.1. The number of hydrogen-bond acceptors (Lipinski definition) is 2. The molecule has 15 heavy (non-hydrogen) atoms. The predicted molar refractivity (Wildman–Crippen MR) is 58.0 cm³/mol. The Morgan fingerprint density at radius 3 is 2.73 bits per heavy atom. The van der Waals surface area contributed by atoms with Crippen LogP contribution in [0.3, 0.4) is 0 Å². The van der Waals surface area contributed by atoms with Crippen LogP contribution in [0.25, 0.3) is 0 Å². The second-order valence-corrected chi connectivity index (χ2v) is 3.25. The SMILES string of the molecule is C#CCn1c(C(C)=O)cc(C=O)c1CC. The number of terminal acetylenes is 1. The van der Waals surface area contributed by atoms with Gasteiger partial charge in [0.05, 0.1) is 12.2 Å². The third-order valence-corrected chi connectivity index (χ3v) is 2.31. The lowest BCUT2D eigenvalue weighted by atomic mass is 10.2. The Kier molecular flexibility index (Phi) is 3.46. The van der Waals surface area contributed by atoms with Gasteiger partial charge in [-0.05, 0) is 12.5 Å². The smallest absolute Gasteiger partial charge is 0.176 e. The van der Waals surface area contributed by atoms with Gasteiger partial charge in [0.15, 0.2) is 12.1 Å². The quantitative estimate of drug-likeness (QED) is 0.424. The molecule has 0 radical (unpaired) electrons. The highest BCUT2D eigenvalue weighted by molar-refractivity contribution is 5.95. The maximum atomic E-state index is 11.3. The number of carbonyl (C=O) groups is 2. The van der Waals surface area contributed by atoms with Gasteiger partial charge in [0.2, 0.25) is 0 Å². The van der Waals surface area contributed by atoms with E-state index in [0.29, 0.717) is 24.2 Å². The van der Waals surface area contributed by atoms with Crippen molar-refractivity contribution in [1.29, 1.82) is 0 Å². The topological polar surface area (TPSA) is 39.1 Å². The van der Waals surface area contributed by atoms with Gasteiger partial charge in [0.1, 0.15) is 0 Å². The second kappa shape index (κ2) is 4.61. The monoisotopic (exact) mass is 203 g/mol. The minimum atomic E-state index is -0.0759. The molecule has 0 aromatic carbocycles. The Bertz CT molecular complexity index is 435. The van der Waals surface area contributed by atoms with E-state index in [1.54, 1.807) is 10.6 Å². The van der Waals surface area contributed by atoms with Gasteiger partial charge in [-0.1, -0.05) is 12.8 Å². The molecule has 1 aromatic rings. The summed E-state index contributed by atoms with van der Waals surface area (Å²) in [6.45, 7) is 3.72. The zero-order chi connectivity index (χ0) is 11.4. The number of aldehydes is 1. The minimum absolute atomic E-state index is 0.0759. The number of Topliss-reactive ketones (excluding diaryl/α,β-unsaturated/α-hetero) is 1. The highest BCUT2D eigenvalue weighted by Gasteiger charge is 2.15. The lowest BCUT2D eigenvalue weighted by Crippen LogP contribution is -2.08. The molecule has 0 aliphatic heterocycles. The Labute approximate surface area is 89.1 Å². The van der Waals surface area contributed by atoms with Crippen LogP contribution >= 0.6 is 0 Å². The van der Waals surface area contributed by atoms with Crippen molar-refractivity contribution in [3.05, 3.63) is 23.0 Å². The zero-order valence-electron chi connectivity index (χ0n) is 8.91. The maximum Gasteiger partial charge on any atom is 0.176 e. The van der Waals surface area contributed by atoms with E-state index in [1.165, 1.54) is 6.92 Å². The Hall–Kier alpha value is -1.82. The van der Waals surface area contributed by atoms with E-state index < -0.39 is 0 Å². The molecule has 0 bridgehead atoms. The van der Waals surface area contributed by atoms with Crippen LogP contribution in [0.1, 0.15) is 40.4 Å². The van der Waals surface area contributed by atoms with Gasteiger partial charge >= 0.3 is 0 Å². The van der Waals surface area contributed by atoms with Crippen LogP contribution in [0.15, 0.2) is 6.07 Å². The molecule has 3 nitrogen and oxygen atoms in total. The normalized spacial score (nSPS) is 9.67. The van der Waals surface area contributed by atoms with E-state index in [1.807, 2.05) is 6.92 Å². The molecule has 0 saturated heterocycles. The van der Waals surface area contributed by atoms with E-state index >= 15 is 0 Å². The fourth-order valence-corrected chi connectivity index (χ4v) is 1.67. The van der Waals surface area contributed by atoms with Crippen LogP contribution in [0.5, 0.6) is 0 Å². The van der Waals surface area contributed by atoms with E-state index in [9.17, 15) is 9.59 Å². The van der Waals surface area contributed by atoms with E-state index in [0.717, 1.165) is 12.0 Å². The predicted octanol–water partition coefficient (Wildman–Crippen LogP) is 1.70. The van der Waals surface area contributed by atoms with Crippen molar-refractivity contribution in [3.63, 3.8) is 0 Å². The first-order valence-corrected chi connectivity index (χ1v) is 4.77. The number of carbonyl (C=O) groups excluding carboxylic acids is 2. The Morgan fingerprint density at radius 2 is 2.33 bits per heavy atom. The molecule has 0 saturated carbocycles. The Morgan fingerprint density at radius 1 is 1.67 bits per heavy atom. The summed E-state index contributed by atoms with van der Waals surface area (Å²) < 4.78 is 1.73. The van der Waals surface area contributed by atoms with Crippen molar-refractivity contribution in [1.82, 2.24) is 4.57 Å². The van der Waals surface area contributed by atoms with Crippen molar-refractivity contribution in [2.75, 3.05) is 0 Å². The summed E-state index contributed by atoms with van der Waals surface area (Å²) in [5, 5.41) is 0. The number of ketones is 1. The molecular formula is C12H13NO2. The number of hydrogen-bond donors (Lipinski definition) is 0. The molecule has 1 aromatic heterocycles. The number of aromatic nitrogens is 1. The van der Waals surface area contributed by atoms with Gasteiger partial charge in [0, 0.05) is 18.2 Å². The van der Waals surface area contributed by atoms with E-state index in [-0.39, 0.29) is 5.78 Å². The van der Waals surface area contributed by atoms with Crippen LogP contribution in [0.4, 0.5) is 0 Å². The first kappa shape index (κ1) is 11.3. The third-order valence-electron chi connectivity index (χ3n) is 2.31. The van der Waals surface area contributed by atoms with Crippen molar-refractivity contribution in [2.45, 2.75) is 26.8 Å². The molecule has 0 amide bonds. The molecule has 78 valence electrons. The van der Waals surface area contributed by atoms with Crippen molar-refractivity contribution in [2.24, 2.45) is 0 Å². The van der Waals surface area contributed by atoms with Gasteiger partial charge in [-0.25, -0.2) is 0 Å². The summed E-state index contributed by atoms with van der Waals surface area (Å²) >= 11 is 0. The first-order chi connectivity index (χ1) is 7.15.